The molecule has 0 spiro atoms. The van der Waals surface area contributed by atoms with Crippen LogP contribution in [0.25, 0.3) is 10.2 Å². The molecule has 1 N–H and O–H groups in total. The van der Waals surface area contributed by atoms with E-state index in [2.05, 4.69) is 10.3 Å². The van der Waals surface area contributed by atoms with Gasteiger partial charge in [-0.2, -0.15) is 0 Å². The number of hydrogen-bond acceptors (Lipinski definition) is 4. The molecule has 1 saturated carbocycles. The van der Waals surface area contributed by atoms with Gasteiger partial charge in [0.1, 0.15) is 4.83 Å². The van der Waals surface area contributed by atoms with Gasteiger partial charge in [-0.15, -0.1) is 11.3 Å². The molecule has 0 atom stereocenters. The summed E-state index contributed by atoms with van der Waals surface area (Å²) in [5.41, 5.74) is 0.955. The monoisotopic (exact) mass is 305 g/mol. The molecule has 1 fully saturated rings. The van der Waals surface area contributed by atoms with Crippen LogP contribution in [0, 0.1) is 19.8 Å². The maximum atomic E-state index is 12.4. The van der Waals surface area contributed by atoms with Crippen LogP contribution in [0.15, 0.2) is 11.1 Å². The second kappa shape index (κ2) is 5.60. The fourth-order valence-electron chi connectivity index (χ4n) is 2.32. The molecule has 1 amide bonds. The van der Waals surface area contributed by atoms with E-state index in [1.807, 2.05) is 13.8 Å². The van der Waals surface area contributed by atoms with Crippen molar-refractivity contribution in [1.82, 2.24) is 14.9 Å². The largest absolute Gasteiger partial charge is 0.356 e. The molecule has 0 bridgehead atoms. The van der Waals surface area contributed by atoms with Gasteiger partial charge in [0, 0.05) is 24.4 Å². The lowest BCUT2D eigenvalue weighted by Crippen LogP contribution is -2.28. The van der Waals surface area contributed by atoms with Crippen LogP contribution in [0.3, 0.4) is 0 Å². The SMILES string of the molecule is Cc1sc2ncn(CCC(=O)NCC3CC3)c(=O)c2c1C. The summed E-state index contributed by atoms with van der Waals surface area (Å²) in [7, 11) is 0. The Morgan fingerprint density at radius 1 is 1.48 bits per heavy atom. The summed E-state index contributed by atoms with van der Waals surface area (Å²) in [6.45, 7) is 5.10. The van der Waals surface area contributed by atoms with Crippen molar-refractivity contribution in [3.05, 3.63) is 27.1 Å². The average molecular weight is 305 g/mol. The molecule has 0 saturated heterocycles. The van der Waals surface area contributed by atoms with Gasteiger partial charge in [0.15, 0.2) is 0 Å². The minimum absolute atomic E-state index is 0.00659. The summed E-state index contributed by atoms with van der Waals surface area (Å²) in [5.74, 6) is 0.679. The Morgan fingerprint density at radius 2 is 2.24 bits per heavy atom. The molecule has 0 radical (unpaired) electrons. The van der Waals surface area contributed by atoms with E-state index in [0.29, 0.717) is 24.3 Å². The van der Waals surface area contributed by atoms with E-state index in [0.717, 1.165) is 21.8 Å². The summed E-state index contributed by atoms with van der Waals surface area (Å²) < 4.78 is 1.54. The molecule has 1 aliphatic carbocycles. The minimum atomic E-state index is -0.0446. The zero-order valence-electron chi connectivity index (χ0n) is 12.3. The van der Waals surface area contributed by atoms with Gasteiger partial charge >= 0.3 is 0 Å². The molecule has 2 heterocycles. The molecule has 2 aromatic heterocycles. The molecule has 2 aromatic rings. The van der Waals surface area contributed by atoms with Crippen LogP contribution in [-0.4, -0.2) is 22.0 Å². The first kappa shape index (κ1) is 14.3. The molecule has 112 valence electrons. The summed E-state index contributed by atoms with van der Waals surface area (Å²) in [6, 6.07) is 0. The second-order valence-corrected chi connectivity index (χ2v) is 6.91. The van der Waals surface area contributed by atoms with Crippen molar-refractivity contribution in [1.29, 1.82) is 0 Å². The van der Waals surface area contributed by atoms with Crippen LogP contribution in [0.1, 0.15) is 29.7 Å². The topological polar surface area (TPSA) is 64.0 Å². The predicted octanol–water partition coefficient (Wildman–Crippen LogP) is 1.99. The number of amides is 1. The van der Waals surface area contributed by atoms with Gasteiger partial charge in [-0.3, -0.25) is 14.2 Å². The van der Waals surface area contributed by atoms with Crippen molar-refractivity contribution in [3.8, 4) is 0 Å². The number of carbonyl (C=O) groups excluding carboxylic acids is 1. The standard InChI is InChI=1S/C15H19N3O2S/c1-9-10(2)21-14-13(9)15(20)18(8-17-14)6-5-12(19)16-7-11-3-4-11/h8,11H,3-7H2,1-2H3,(H,16,19). The van der Waals surface area contributed by atoms with Crippen LogP contribution in [0.4, 0.5) is 0 Å². The van der Waals surface area contributed by atoms with Gasteiger partial charge in [0.05, 0.1) is 11.7 Å². The van der Waals surface area contributed by atoms with E-state index in [1.54, 1.807) is 17.7 Å². The number of carbonyl (C=O) groups is 1. The highest BCUT2D eigenvalue weighted by atomic mass is 32.1. The van der Waals surface area contributed by atoms with Crippen molar-refractivity contribution in [2.24, 2.45) is 5.92 Å². The van der Waals surface area contributed by atoms with E-state index < -0.39 is 0 Å². The van der Waals surface area contributed by atoms with E-state index >= 15 is 0 Å². The zero-order chi connectivity index (χ0) is 15.0. The van der Waals surface area contributed by atoms with Crippen LogP contribution >= 0.6 is 11.3 Å². The molecule has 5 nitrogen and oxygen atoms in total. The summed E-state index contributed by atoms with van der Waals surface area (Å²) in [6.07, 6.45) is 4.31. The first-order valence-electron chi connectivity index (χ1n) is 7.28. The van der Waals surface area contributed by atoms with Crippen molar-refractivity contribution >= 4 is 27.5 Å². The number of thiophene rings is 1. The normalized spacial score (nSPS) is 14.6. The number of aromatic nitrogens is 2. The lowest BCUT2D eigenvalue weighted by molar-refractivity contribution is -0.121. The van der Waals surface area contributed by atoms with Gasteiger partial charge in [-0.05, 0) is 38.2 Å². The van der Waals surface area contributed by atoms with Crippen LogP contribution in [-0.2, 0) is 11.3 Å². The highest BCUT2D eigenvalue weighted by molar-refractivity contribution is 7.18. The van der Waals surface area contributed by atoms with Crippen molar-refractivity contribution in [3.63, 3.8) is 0 Å². The Hall–Kier alpha value is -1.69. The Kier molecular flexibility index (Phi) is 3.80. The molecule has 3 rings (SSSR count). The average Bonchev–Trinajstić information content (AvgIpc) is 3.23. The molecular weight excluding hydrogens is 286 g/mol. The quantitative estimate of drug-likeness (QED) is 0.919. The predicted molar refractivity (Wildman–Crippen MR) is 83.7 cm³/mol. The fraction of sp³-hybridized carbons (Fsp3) is 0.533. The van der Waals surface area contributed by atoms with Gasteiger partial charge in [0.2, 0.25) is 5.91 Å². The van der Waals surface area contributed by atoms with E-state index in [1.165, 1.54) is 17.4 Å². The third kappa shape index (κ3) is 3.00. The first-order valence-corrected chi connectivity index (χ1v) is 8.09. The smallest absolute Gasteiger partial charge is 0.262 e. The molecule has 21 heavy (non-hydrogen) atoms. The fourth-order valence-corrected chi connectivity index (χ4v) is 3.31. The number of rotatable bonds is 5. The summed E-state index contributed by atoms with van der Waals surface area (Å²) in [4.78, 5) is 30.4. The Labute approximate surface area is 127 Å². The molecule has 0 unspecified atom stereocenters. The Balaban J connectivity index is 1.71. The second-order valence-electron chi connectivity index (χ2n) is 5.70. The molecule has 6 heteroatoms. The Morgan fingerprint density at radius 3 is 2.95 bits per heavy atom. The third-order valence-corrected chi connectivity index (χ3v) is 5.14. The van der Waals surface area contributed by atoms with Crippen LogP contribution < -0.4 is 10.9 Å². The van der Waals surface area contributed by atoms with E-state index in [9.17, 15) is 9.59 Å². The van der Waals surface area contributed by atoms with Crippen LogP contribution in [0.5, 0.6) is 0 Å². The highest BCUT2D eigenvalue weighted by Gasteiger charge is 2.21. The van der Waals surface area contributed by atoms with Gasteiger partial charge < -0.3 is 5.32 Å². The number of hydrogen-bond donors (Lipinski definition) is 1. The van der Waals surface area contributed by atoms with Crippen molar-refractivity contribution in [2.45, 2.75) is 39.7 Å². The maximum Gasteiger partial charge on any atom is 0.262 e. The zero-order valence-corrected chi connectivity index (χ0v) is 13.1. The van der Waals surface area contributed by atoms with Gasteiger partial charge in [-0.25, -0.2) is 4.98 Å². The number of fused-ring (bicyclic) bond motifs is 1. The van der Waals surface area contributed by atoms with E-state index in [-0.39, 0.29) is 11.5 Å². The van der Waals surface area contributed by atoms with Gasteiger partial charge in [-0.1, -0.05) is 0 Å². The van der Waals surface area contributed by atoms with Crippen molar-refractivity contribution in [2.75, 3.05) is 6.54 Å². The van der Waals surface area contributed by atoms with E-state index in [4.69, 9.17) is 0 Å². The lowest BCUT2D eigenvalue weighted by Gasteiger charge is -2.06. The number of nitrogens with one attached hydrogen (secondary N) is 1. The molecular formula is C15H19N3O2S. The number of nitrogens with zero attached hydrogens (tertiary/aromatic N) is 2. The first-order chi connectivity index (χ1) is 10.1. The minimum Gasteiger partial charge on any atom is -0.356 e. The maximum absolute atomic E-state index is 12.4. The lowest BCUT2D eigenvalue weighted by atomic mass is 10.2. The van der Waals surface area contributed by atoms with Crippen LogP contribution in [0.2, 0.25) is 0 Å². The molecule has 0 aliphatic heterocycles. The number of aryl methyl sites for hydroxylation is 3. The highest BCUT2D eigenvalue weighted by Crippen LogP contribution is 2.27. The third-order valence-electron chi connectivity index (χ3n) is 4.02. The molecule has 1 aliphatic rings. The summed E-state index contributed by atoms with van der Waals surface area (Å²) in [5, 5.41) is 3.61. The summed E-state index contributed by atoms with van der Waals surface area (Å²) >= 11 is 1.54. The van der Waals surface area contributed by atoms with Crippen molar-refractivity contribution < 1.29 is 4.79 Å². The van der Waals surface area contributed by atoms with Gasteiger partial charge in [0.25, 0.3) is 5.56 Å². The molecule has 0 aromatic carbocycles. The Bertz CT molecular complexity index is 743.